The second kappa shape index (κ2) is 15.2. The van der Waals surface area contributed by atoms with Crippen molar-refractivity contribution in [1.82, 2.24) is 19.7 Å². The molecule has 246 valence electrons. The highest BCUT2D eigenvalue weighted by molar-refractivity contribution is 7.99. The number of amides is 2. The number of hydrogen-bond acceptors (Lipinski definition) is 9. The minimum absolute atomic E-state index is 0.0217. The summed E-state index contributed by atoms with van der Waals surface area (Å²) in [5, 5.41) is 30.0. The minimum Gasteiger partial charge on any atom is -0.506 e. The molecule has 2 aromatic rings. The van der Waals surface area contributed by atoms with Gasteiger partial charge in [0.2, 0.25) is 0 Å². The molecule has 2 aliphatic heterocycles. The molecule has 1 unspecified atom stereocenters. The molecule has 4 rings (SSSR count). The van der Waals surface area contributed by atoms with Gasteiger partial charge in [-0.2, -0.15) is 13.2 Å². The molecule has 0 bridgehead atoms. The molecule has 2 amide bonds. The Labute approximate surface area is 261 Å². The van der Waals surface area contributed by atoms with Crippen molar-refractivity contribution in [2.45, 2.75) is 62.2 Å². The van der Waals surface area contributed by atoms with Crippen molar-refractivity contribution >= 4 is 45.3 Å². The summed E-state index contributed by atoms with van der Waals surface area (Å²) in [6.45, 7) is 2.42. The van der Waals surface area contributed by atoms with Crippen LogP contribution in [0.25, 0.3) is 10.2 Å². The fourth-order valence-corrected chi connectivity index (χ4v) is 7.55. The van der Waals surface area contributed by atoms with Crippen LogP contribution in [-0.2, 0) is 16.0 Å². The number of morpholine rings is 1. The summed E-state index contributed by atoms with van der Waals surface area (Å²) in [6, 6.07) is 3.13. The van der Waals surface area contributed by atoms with Crippen molar-refractivity contribution in [2.75, 3.05) is 58.2 Å². The van der Waals surface area contributed by atoms with Crippen LogP contribution in [0, 0.1) is 0 Å². The van der Waals surface area contributed by atoms with E-state index in [1.54, 1.807) is 6.07 Å². The molecule has 1 aromatic carbocycles. The average molecular weight is 665 g/mol. The number of phenols is 1. The first-order valence-electron chi connectivity index (χ1n) is 14.7. The lowest BCUT2D eigenvalue weighted by atomic mass is 9.89. The van der Waals surface area contributed by atoms with Crippen LogP contribution in [0.2, 0.25) is 0 Å². The number of likely N-dealkylation sites (tertiary alicyclic amines) is 1. The first-order chi connectivity index (χ1) is 20.9. The topological polar surface area (TPSA) is 147 Å². The zero-order valence-corrected chi connectivity index (χ0v) is 25.9. The number of nitrogens with one attached hydrogen (secondary N) is 1. The molecule has 4 N–H and O–H groups in total. The number of unbranched alkanes of at least 4 members (excludes halogenated alkanes) is 3. The third kappa shape index (κ3) is 9.25. The van der Waals surface area contributed by atoms with Gasteiger partial charge >= 0.3 is 23.0 Å². The standard InChI is InChI=1S/C28H39F3N4O7S2/c29-28(30,31)24(38)35-14-15-42-27(18-35)8-12-33(13-9-27)10-3-1-2-4-16-43-21(37)17-34(26(40)41)11-7-19-5-6-20(36)22-23(19)44-25(39)32-22/h5-6,21,36-37H,1-4,7-18H2,(H,32,39)(H,40,41). The van der Waals surface area contributed by atoms with Gasteiger partial charge in [-0.15, -0.1) is 11.8 Å². The molecular weight excluding hydrogens is 625 g/mol. The van der Waals surface area contributed by atoms with Crippen molar-refractivity contribution < 1.29 is 42.8 Å². The van der Waals surface area contributed by atoms with Gasteiger partial charge in [0.1, 0.15) is 16.7 Å². The van der Waals surface area contributed by atoms with Crippen LogP contribution >= 0.6 is 23.1 Å². The second-order valence-corrected chi connectivity index (χ2v) is 13.5. The van der Waals surface area contributed by atoms with E-state index in [1.165, 1.54) is 17.8 Å². The van der Waals surface area contributed by atoms with E-state index in [4.69, 9.17) is 4.74 Å². The molecular formula is C28H39F3N4O7S2. The van der Waals surface area contributed by atoms with Crippen LogP contribution in [-0.4, -0.2) is 122 Å². The number of aliphatic hydroxyl groups is 1. The Bertz CT molecular complexity index is 1330. The van der Waals surface area contributed by atoms with E-state index in [1.807, 2.05) is 0 Å². The van der Waals surface area contributed by atoms with Gasteiger partial charge < -0.3 is 39.7 Å². The minimum atomic E-state index is -4.87. The molecule has 3 heterocycles. The number of phenolic OH excluding ortho intramolecular Hbond substituents is 1. The molecule has 2 aliphatic rings. The Balaban J connectivity index is 1.08. The number of hydrogen-bond donors (Lipinski definition) is 4. The van der Waals surface area contributed by atoms with E-state index in [-0.39, 0.29) is 43.4 Å². The second-order valence-electron chi connectivity index (χ2n) is 11.3. The fraction of sp³-hybridized carbons (Fsp3) is 0.679. The molecule has 2 fully saturated rings. The number of thioether (sulfide) groups is 1. The molecule has 0 aliphatic carbocycles. The number of aromatic amines is 1. The van der Waals surface area contributed by atoms with E-state index in [2.05, 4.69) is 9.88 Å². The monoisotopic (exact) mass is 664 g/mol. The van der Waals surface area contributed by atoms with Crippen molar-refractivity contribution in [1.29, 1.82) is 0 Å². The number of nitrogens with zero attached hydrogens (tertiary/aromatic N) is 3. The average Bonchev–Trinajstić information content (AvgIpc) is 3.38. The van der Waals surface area contributed by atoms with Crippen LogP contribution in [0.15, 0.2) is 16.9 Å². The van der Waals surface area contributed by atoms with E-state index >= 15 is 0 Å². The Morgan fingerprint density at radius 3 is 2.59 bits per heavy atom. The number of thiazole rings is 1. The Morgan fingerprint density at radius 2 is 1.89 bits per heavy atom. The Morgan fingerprint density at radius 1 is 1.16 bits per heavy atom. The number of carboxylic acid groups (broad SMARTS) is 1. The van der Waals surface area contributed by atoms with Gasteiger partial charge in [0.05, 0.1) is 30.0 Å². The third-order valence-corrected chi connectivity index (χ3v) is 10.2. The molecule has 44 heavy (non-hydrogen) atoms. The van der Waals surface area contributed by atoms with Crippen molar-refractivity contribution in [3.05, 3.63) is 27.4 Å². The highest BCUT2D eigenvalue weighted by Crippen LogP contribution is 2.32. The van der Waals surface area contributed by atoms with Gasteiger partial charge in [-0.25, -0.2) is 4.79 Å². The zero-order chi connectivity index (χ0) is 31.9. The molecule has 0 radical (unpaired) electrons. The number of aromatic nitrogens is 1. The number of aliphatic hydroxyl groups excluding tert-OH is 1. The van der Waals surface area contributed by atoms with Crippen LogP contribution in [0.1, 0.15) is 44.1 Å². The van der Waals surface area contributed by atoms with Gasteiger partial charge in [0.25, 0.3) is 0 Å². The van der Waals surface area contributed by atoms with Gasteiger partial charge in [-0.3, -0.25) is 9.59 Å². The summed E-state index contributed by atoms with van der Waals surface area (Å²) >= 11 is 2.26. The maximum atomic E-state index is 12.9. The largest absolute Gasteiger partial charge is 0.506 e. The SMILES string of the molecule is O=C(O)N(CCc1ccc(O)c2[nH]c(=O)sc12)CC(O)SCCCCCCN1CCC2(CC1)CN(C(=O)C(F)(F)F)CCO2. The number of piperidine rings is 1. The first kappa shape index (κ1) is 34.3. The predicted molar refractivity (Wildman–Crippen MR) is 161 cm³/mol. The molecule has 11 nitrogen and oxygen atoms in total. The first-order valence-corrected chi connectivity index (χ1v) is 16.6. The molecule has 16 heteroatoms. The van der Waals surface area contributed by atoms with Gasteiger partial charge in [0.15, 0.2) is 0 Å². The molecule has 2 saturated heterocycles. The fourth-order valence-electron chi connectivity index (χ4n) is 5.73. The van der Waals surface area contributed by atoms with Crippen LogP contribution in [0.5, 0.6) is 5.75 Å². The maximum Gasteiger partial charge on any atom is 0.471 e. The summed E-state index contributed by atoms with van der Waals surface area (Å²) in [6.07, 6.45) is -0.744. The van der Waals surface area contributed by atoms with E-state index in [0.717, 1.165) is 58.9 Å². The zero-order valence-electron chi connectivity index (χ0n) is 24.3. The highest BCUT2D eigenvalue weighted by Gasteiger charge is 2.48. The predicted octanol–water partition coefficient (Wildman–Crippen LogP) is 3.69. The normalized spacial score (nSPS) is 18.1. The quantitative estimate of drug-likeness (QED) is 0.186. The Hall–Kier alpha value is -2.53. The highest BCUT2D eigenvalue weighted by atomic mass is 32.2. The van der Waals surface area contributed by atoms with Gasteiger partial charge in [0, 0.05) is 26.2 Å². The summed E-state index contributed by atoms with van der Waals surface area (Å²) in [5.74, 6) is -1.15. The number of ether oxygens (including phenoxy) is 1. The van der Waals surface area contributed by atoms with Crippen LogP contribution in [0.3, 0.4) is 0 Å². The van der Waals surface area contributed by atoms with Crippen LogP contribution in [0.4, 0.5) is 18.0 Å². The lowest BCUT2D eigenvalue weighted by Gasteiger charge is -2.47. The number of fused-ring (bicyclic) bond motifs is 1. The number of carbonyl (C=O) groups excluding carboxylic acids is 1. The Kier molecular flexibility index (Phi) is 11.8. The molecule has 1 atom stereocenters. The summed E-state index contributed by atoms with van der Waals surface area (Å²) in [7, 11) is 0. The third-order valence-electron chi connectivity index (χ3n) is 8.16. The number of halogens is 3. The number of alkyl halides is 3. The molecule has 1 spiro atoms. The lowest BCUT2D eigenvalue weighted by Crippen LogP contribution is -2.59. The van der Waals surface area contributed by atoms with E-state index in [0.29, 0.717) is 48.3 Å². The van der Waals surface area contributed by atoms with Crippen molar-refractivity contribution in [3.63, 3.8) is 0 Å². The van der Waals surface area contributed by atoms with Crippen LogP contribution < -0.4 is 4.87 Å². The summed E-state index contributed by atoms with van der Waals surface area (Å²) in [5.41, 5.74) is -0.498. The summed E-state index contributed by atoms with van der Waals surface area (Å²) < 4.78 is 45.0. The molecule has 0 saturated carbocycles. The maximum absolute atomic E-state index is 12.9. The van der Waals surface area contributed by atoms with E-state index in [9.17, 15) is 42.9 Å². The number of carbonyl (C=O) groups is 2. The number of H-pyrrole nitrogens is 1. The molecule has 1 aromatic heterocycles. The van der Waals surface area contributed by atoms with Gasteiger partial charge in [-0.1, -0.05) is 30.2 Å². The lowest BCUT2D eigenvalue weighted by molar-refractivity contribution is -0.200. The number of aromatic hydroxyl groups is 1. The van der Waals surface area contributed by atoms with Gasteiger partial charge in [-0.05, 0) is 56.0 Å². The number of benzene rings is 1. The van der Waals surface area contributed by atoms with Crippen molar-refractivity contribution in [3.8, 4) is 5.75 Å². The van der Waals surface area contributed by atoms with E-state index < -0.39 is 29.2 Å². The summed E-state index contributed by atoms with van der Waals surface area (Å²) in [4.78, 5) is 41.7. The number of rotatable bonds is 13. The smallest absolute Gasteiger partial charge is 0.471 e. The van der Waals surface area contributed by atoms with Crippen molar-refractivity contribution in [2.24, 2.45) is 0 Å².